The number of hydrogen-bond donors (Lipinski definition) is 0. The van der Waals surface area contributed by atoms with Gasteiger partial charge in [0, 0.05) is 23.9 Å². The second-order valence-corrected chi connectivity index (χ2v) is 7.38. The van der Waals surface area contributed by atoms with Crippen LogP contribution in [0.4, 0.5) is 20.6 Å². The Morgan fingerprint density at radius 3 is 2.85 bits per heavy atom. The second kappa shape index (κ2) is 6.63. The van der Waals surface area contributed by atoms with E-state index in [1.54, 1.807) is 12.1 Å². The molecule has 1 aromatic carbocycles. The van der Waals surface area contributed by atoms with Gasteiger partial charge in [0.2, 0.25) is 0 Å². The Labute approximate surface area is 155 Å². The first-order valence-electron chi connectivity index (χ1n) is 8.96. The summed E-state index contributed by atoms with van der Waals surface area (Å²) in [5, 5.41) is 12.6. The Kier molecular flexibility index (Phi) is 4.28. The van der Waals surface area contributed by atoms with Gasteiger partial charge in [-0.05, 0) is 48.4 Å². The summed E-state index contributed by atoms with van der Waals surface area (Å²) in [6.45, 7) is 3.63. The molecule has 3 fully saturated rings. The van der Waals surface area contributed by atoms with Crippen molar-refractivity contribution in [2.75, 3.05) is 36.0 Å². The molecule has 1 aliphatic carbocycles. The fraction of sp³-hybridized carbons (Fsp3) is 0.556. The minimum atomic E-state index is -0.573. The van der Waals surface area contributed by atoms with Crippen LogP contribution >= 0.6 is 0 Å². The van der Waals surface area contributed by atoms with E-state index in [0.29, 0.717) is 29.1 Å². The number of halogens is 1. The third kappa shape index (κ3) is 2.92. The van der Waals surface area contributed by atoms with E-state index in [0.717, 1.165) is 13.1 Å². The molecule has 0 N–H and O–H groups in total. The molecule has 5 atom stereocenters. The summed E-state index contributed by atoms with van der Waals surface area (Å²) >= 11 is 0. The monoisotopic (exact) mass is 370 g/mol. The molecule has 3 aliphatic rings. The molecule has 27 heavy (non-hydrogen) atoms. The van der Waals surface area contributed by atoms with Crippen LogP contribution < -0.4 is 9.80 Å². The van der Waals surface area contributed by atoms with Crippen LogP contribution in [0.5, 0.6) is 0 Å². The number of hydrogen-bond acceptors (Lipinski definition) is 5. The zero-order valence-electron chi connectivity index (χ0n) is 14.8. The van der Waals surface area contributed by atoms with Gasteiger partial charge in [-0.25, -0.2) is 9.18 Å². The first kappa shape index (κ1) is 17.4. The summed E-state index contributed by atoms with van der Waals surface area (Å²) in [4.78, 5) is 18.0. The quantitative estimate of drug-likeness (QED) is 0.450. The number of anilines is 2. The van der Waals surface area contributed by atoms with E-state index in [-0.39, 0.29) is 19.1 Å². The molecule has 1 amide bonds. The molecule has 9 heteroatoms. The van der Waals surface area contributed by atoms with Crippen LogP contribution in [0.1, 0.15) is 6.92 Å². The van der Waals surface area contributed by atoms with Crippen molar-refractivity contribution < 1.29 is 13.9 Å². The molecule has 0 bridgehead atoms. The molecule has 1 aromatic rings. The van der Waals surface area contributed by atoms with Crippen LogP contribution in [0.3, 0.4) is 0 Å². The highest BCUT2D eigenvalue weighted by Crippen LogP contribution is 2.56. The Balaban J connectivity index is 1.49. The molecule has 0 radical (unpaired) electrons. The number of nitrogens with zero attached hydrogens (tertiary/aromatic N) is 6. The van der Waals surface area contributed by atoms with Crippen molar-refractivity contribution in [2.24, 2.45) is 28.8 Å². The number of carbonyl (C=O) groups excluding carboxylic acids is 1. The van der Waals surface area contributed by atoms with Crippen LogP contribution in [0.15, 0.2) is 23.3 Å². The zero-order valence-corrected chi connectivity index (χ0v) is 14.8. The minimum Gasteiger partial charge on any atom is -0.447 e. The van der Waals surface area contributed by atoms with E-state index >= 15 is 0 Å². The van der Waals surface area contributed by atoms with Gasteiger partial charge < -0.3 is 9.64 Å². The predicted octanol–water partition coefficient (Wildman–Crippen LogP) is 3.30. The lowest BCUT2D eigenvalue weighted by Crippen LogP contribution is -2.35. The van der Waals surface area contributed by atoms with Gasteiger partial charge in [0.05, 0.1) is 30.0 Å². The van der Waals surface area contributed by atoms with E-state index in [2.05, 4.69) is 16.1 Å². The molecule has 2 saturated heterocycles. The molecule has 1 saturated carbocycles. The summed E-state index contributed by atoms with van der Waals surface area (Å²) in [5.74, 6) is 0.986. The van der Waals surface area contributed by atoms with Gasteiger partial charge in [0.25, 0.3) is 0 Å². The largest absolute Gasteiger partial charge is 0.447 e. The van der Waals surface area contributed by atoms with Gasteiger partial charge in [-0.15, -0.1) is 0 Å². The van der Waals surface area contributed by atoms with Crippen molar-refractivity contribution in [3.8, 4) is 6.07 Å². The zero-order chi connectivity index (χ0) is 19.1. The molecule has 1 unspecified atom stereocenters. The van der Waals surface area contributed by atoms with Crippen LogP contribution in [0.2, 0.25) is 0 Å². The average Bonchev–Trinajstić information content (AvgIpc) is 2.99. The Morgan fingerprint density at radius 1 is 1.48 bits per heavy atom. The van der Waals surface area contributed by atoms with Gasteiger partial charge in [0.1, 0.15) is 12.4 Å². The van der Waals surface area contributed by atoms with Crippen molar-refractivity contribution in [2.45, 2.75) is 13.0 Å². The van der Waals surface area contributed by atoms with E-state index in [9.17, 15) is 9.18 Å². The Bertz CT molecular complexity index is 852. The first-order chi connectivity index (χ1) is 13.0. The van der Waals surface area contributed by atoms with Gasteiger partial charge in [0.15, 0.2) is 0 Å². The van der Waals surface area contributed by atoms with Gasteiger partial charge in [-0.2, -0.15) is 5.26 Å². The number of cyclic esters (lactones) is 1. The molecule has 0 aromatic heterocycles. The number of nitriles is 1. The van der Waals surface area contributed by atoms with E-state index in [4.69, 9.17) is 15.5 Å². The first-order valence-corrected chi connectivity index (χ1v) is 8.96. The van der Waals surface area contributed by atoms with E-state index in [1.165, 1.54) is 11.0 Å². The summed E-state index contributed by atoms with van der Waals surface area (Å²) in [6.07, 6.45) is -0.573. The maximum atomic E-state index is 14.8. The number of piperidine rings is 1. The molecule has 8 nitrogen and oxygen atoms in total. The van der Waals surface area contributed by atoms with Gasteiger partial charge in [-0.1, -0.05) is 5.11 Å². The third-order valence-electron chi connectivity index (χ3n) is 5.91. The average molecular weight is 370 g/mol. The smallest absolute Gasteiger partial charge is 0.414 e. The van der Waals surface area contributed by atoms with E-state index in [1.807, 2.05) is 11.8 Å². The van der Waals surface area contributed by atoms with Crippen LogP contribution in [0.25, 0.3) is 10.4 Å². The molecular weight excluding hydrogens is 351 g/mol. The molecular formula is C18H19FN6O2. The lowest BCUT2D eigenvalue weighted by atomic mass is 10.0. The van der Waals surface area contributed by atoms with Crippen molar-refractivity contribution in [1.29, 1.82) is 5.26 Å². The highest BCUT2D eigenvalue weighted by molar-refractivity contribution is 5.90. The highest BCUT2D eigenvalue weighted by atomic mass is 19.1. The van der Waals surface area contributed by atoms with Gasteiger partial charge in [-0.3, -0.25) is 4.90 Å². The molecule has 0 spiro atoms. The third-order valence-corrected chi connectivity index (χ3v) is 5.91. The summed E-state index contributed by atoms with van der Waals surface area (Å²) in [6, 6.07) is 6.56. The second-order valence-electron chi connectivity index (χ2n) is 7.38. The SMILES string of the molecule is C[C@H](C#N)C1[C@H]2CN(c3ccc(N4C(=O)OC[C@H]4CN=[N+]=[N-])cc3F)C[C@@H]12. The highest BCUT2D eigenvalue weighted by Gasteiger charge is 2.58. The number of azide groups is 1. The predicted molar refractivity (Wildman–Crippen MR) is 95.5 cm³/mol. The van der Waals surface area contributed by atoms with Crippen molar-refractivity contribution in [3.63, 3.8) is 0 Å². The van der Waals surface area contributed by atoms with Crippen LogP contribution in [-0.2, 0) is 4.74 Å². The summed E-state index contributed by atoms with van der Waals surface area (Å²) in [5.41, 5.74) is 9.37. The fourth-order valence-corrected chi connectivity index (χ4v) is 4.54. The maximum absolute atomic E-state index is 14.8. The minimum absolute atomic E-state index is 0.0450. The molecule has 140 valence electrons. The van der Waals surface area contributed by atoms with Crippen LogP contribution in [-0.4, -0.2) is 38.4 Å². The van der Waals surface area contributed by atoms with Crippen molar-refractivity contribution >= 4 is 17.5 Å². The lowest BCUT2D eigenvalue weighted by Gasteiger charge is -2.25. The maximum Gasteiger partial charge on any atom is 0.414 e. The van der Waals surface area contributed by atoms with E-state index < -0.39 is 18.0 Å². The van der Waals surface area contributed by atoms with Crippen LogP contribution in [0, 0.1) is 40.8 Å². The standard InChI is InChI=1S/C18H19FN6O2/c1-10(5-20)17-13-7-24(8-14(13)17)16-3-2-11(4-15(16)19)25-12(6-22-23-21)9-27-18(25)26/h2-4,10,12-14,17H,6-9H2,1H3/t10-,12-,13-,14+,17?/m1/s1. The number of fused-ring (bicyclic) bond motifs is 1. The number of ether oxygens (including phenoxy) is 1. The number of carbonyl (C=O) groups is 1. The fourth-order valence-electron chi connectivity index (χ4n) is 4.54. The van der Waals surface area contributed by atoms with Crippen molar-refractivity contribution in [3.05, 3.63) is 34.5 Å². The number of amides is 1. The number of benzene rings is 1. The molecule has 4 rings (SSSR count). The van der Waals surface area contributed by atoms with Crippen molar-refractivity contribution in [1.82, 2.24) is 0 Å². The summed E-state index contributed by atoms with van der Waals surface area (Å²) < 4.78 is 19.8. The summed E-state index contributed by atoms with van der Waals surface area (Å²) in [7, 11) is 0. The Morgan fingerprint density at radius 2 is 2.22 bits per heavy atom. The number of rotatable bonds is 5. The molecule has 2 heterocycles. The lowest BCUT2D eigenvalue weighted by molar-refractivity contribution is 0.179. The molecule has 2 aliphatic heterocycles. The Hall–Kier alpha value is -2.98. The normalized spacial score (nSPS) is 29.6. The van der Waals surface area contributed by atoms with Gasteiger partial charge >= 0.3 is 6.09 Å². The topological polar surface area (TPSA) is 105 Å².